The minimum atomic E-state index is 1.03. The molecule has 2 aromatic rings. The van der Waals surface area contributed by atoms with Crippen molar-refractivity contribution in [3.63, 3.8) is 0 Å². The molecule has 0 aliphatic carbocycles. The highest BCUT2D eigenvalue weighted by molar-refractivity contribution is 9.10. The number of benzene rings is 1. The van der Waals surface area contributed by atoms with E-state index in [4.69, 9.17) is 0 Å². The molecule has 0 unspecified atom stereocenters. The minimum Gasteiger partial charge on any atom is -0.343 e. The van der Waals surface area contributed by atoms with Crippen LogP contribution in [-0.4, -0.2) is 18.2 Å². The van der Waals surface area contributed by atoms with E-state index in [9.17, 15) is 0 Å². The van der Waals surface area contributed by atoms with E-state index in [2.05, 4.69) is 44.0 Å². The van der Waals surface area contributed by atoms with Gasteiger partial charge >= 0.3 is 0 Å². The first kappa shape index (κ1) is 11.3. The van der Waals surface area contributed by atoms with Gasteiger partial charge in [-0.25, -0.2) is 0 Å². The smallest absolute Gasteiger partial charge is 0.0526 e. The molecule has 0 spiro atoms. The fourth-order valence-corrected chi connectivity index (χ4v) is 3.59. The van der Waals surface area contributed by atoms with Crippen molar-refractivity contribution in [3.8, 4) is 0 Å². The fraction of sp³-hybridized carbons (Fsp3) is 0.429. The van der Waals surface area contributed by atoms with E-state index in [1.165, 1.54) is 39.5 Å². The Morgan fingerprint density at radius 1 is 1.41 bits per heavy atom. The number of aryl methyl sites for hydroxylation is 2. The lowest BCUT2D eigenvalue weighted by Gasteiger charge is -2.17. The summed E-state index contributed by atoms with van der Waals surface area (Å²) in [5, 5.41) is 4.62. The molecule has 0 bridgehead atoms. The van der Waals surface area contributed by atoms with Gasteiger partial charge in [0, 0.05) is 35.1 Å². The number of hydrogen-bond donors (Lipinski definition) is 1. The number of likely N-dealkylation sites (N-methyl/N-ethyl adjacent to an activating group) is 1. The summed E-state index contributed by atoms with van der Waals surface area (Å²) >= 11 is 3.79. The summed E-state index contributed by atoms with van der Waals surface area (Å²) in [5.41, 5.74) is 4.41. The maximum Gasteiger partial charge on any atom is 0.0526 e. The molecule has 1 aliphatic rings. The van der Waals surface area contributed by atoms with Crippen LogP contribution in [0.1, 0.15) is 17.7 Å². The van der Waals surface area contributed by atoms with Crippen molar-refractivity contribution in [1.82, 2.24) is 9.88 Å². The van der Waals surface area contributed by atoms with Gasteiger partial charge in [0.15, 0.2) is 0 Å². The molecule has 3 rings (SSSR count). The number of rotatable bonds is 3. The van der Waals surface area contributed by atoms with Crippen LogP contribution in [0.2, 0.25) is 0 Å². The Morgan fingerprint density at radius 2 is 2.29 bits per heavy atom. The third-order valence-corrected chi connectivity index (χ3v) is 4.53. The Morgan fingerprint density at radius 3 is 3.12 bits per heavy atom. The Hall–Kier alpha value is -0.800. The molecule has 1 N–H and O–H groups in total. The summed E-state index contributed by atoms with van der Waals surface area (Å²) in [6, 6.07) is 6.68. The van der Waals surface area contributed by atoms with Crippen molar-refractivity contribution < 1.29 is 0 Å². The summed E-state index contributed by atoms with van der Waals surface area (Å²) in [7, 11) is 2.01. The van der Waals surface area contributed by atoms with E-state index in [1.807, 2.05) is 7.05 Å². The summed E-state index contributed by atoms with van der Waals surface area (Å²) in [4.78, 5) is 0. The number of halogens is 1. The molecule has 0 radical (unpaired) electrons. The van der Waals surface area contributed by atoms with Crippen LogP contribution in [0.5, 0.6) is 0 Å². The summed E-state index contributed by atoms with van der Waals surface area (Å²) in [6.45, 7) is 2.20. The maximum absolute atomic E-state index is 3.79. The zero-order valence-electron chi connectivity index (χ0n) is 10.1. The second-order valence-electron chi connectivity index (χ2n) is 4.68. The van der Waals surface area contributed by atoms with Gasteiger partial charge in [0.25, 0.3) is 0 Å². The second kappa shape index (κ2) is 4.46. The second-order valence-corrected chi connectivity index (χ2v) is 5.48. The van der Waals surface area contributed by atoms with Crippen LogP contribution < -0.4 is 5.32 Å². The Kier molecular flexibility index (Phi) is 2.97. The van der Waals surface area contributed by atoms with E-state index in [1.54, 1.807) is 0 Å². The normalized spacial score (nSPS) is 14.5. The molecule has 0 saturated carbocycles. The van der Waals surface area contributed by atoms with E-state index in [0.29, 0.717) is 0 Å². The first-order chi connectivity index (χ1) is 8.33. The molecule has 1 aromatic heterocycles. The van der Waals surface area contributed by atoms with Crippen molar-refractivity contribution in [2.24, 2.45) is 0 Å². The number of para-hydroxylation sites is 1. The van der Waals surface area contributed by atoms with E-state index in [-0.39, 0.29) is 0 Å². The van der Waals surface area contributed by atoms with Gasteiger partial charge in [-0.05, 0) is 41.4 Å². The lowest BCUT2D eigenvalue weighted by atomic mass is 10.0. The predicted octanol–water partition coefficient (Wildman–Crippen LogP) is 3.11. The molecule has 3 heteroatoms. The number of aromatic nitrogens is 1. The molecule has 2 heterocycles. The van der Waals surface area contributed by atoms with Gasteiger partial charge in [0.1, 0.15) is 0 Å². The highest BCUT2D eigenvalue weighted by Crippen LogP contribution is 2.36. The largest absolute Gasteiger partial charge is 0.343 e. The average molecular weight is 293 g/mol. The molecule has 1 aliphatic heterocycles. The highest BCUT2D eigenvalue weighted by Gasteiger charge is 2.19. The van der Waals surface area contributed by atoms with Crippen molar-refractivity contribution in [2.75, 3.05) is 13.6 Å². The van der Waals surface area contributed by atoms with Gasteiger partial charge in [0.2, 0.25) is 0 Å². The molecule has 0 atom stereocenters. The molecular formula is C14H17BrN2. The standard InChI is InChI=1S/C14H17BrN2/c1-16-8-7-12-13(15)11-6-2-4-10-5-3-9-17(12)14(10)11/h2,4,6,16H,3,5,7-9H2,1H3. The Labute approximate surface area is 110 Å². The van der Waals surface area contributed by atoms with E-state index in [0.717, 1.165) is 19.5 Å². The molecule has 90 valence electrons. The van der Waals surface area contributed by atoms with Crippen LogP contribution in [0.15, 0.2) is 22.7 Å². The van der Waals surface area contributed by atoms with Gasteiger partial charge in [-0.2, -0.15) is 0 Å². The van der Waals surface area contributed by atoms with Gasteiger partial charge in [-0.1, -0.05) is 18.2 Å². The van der Waals surface area contributed by atoms with Crippen LogP contribution in [0, 0.1) is 0 Å². The first-order valence-electron chi connectivity index (χ1n) is 6.26. The monoisotopic (exact) mass is 292 g/mol. The number of hydrogen-bond acceptors (Lipinski definition) is 1. The van der Waals surface area contributed by atoms with Crippen LogP contribution >= 0.6 is 15.9 Å². The average Bonchev–Trinajstić information content (AvgIpc) is 2.64. The minimum absolute atomic E-state index is 1.03. The summed E-state index contributed by atoms with van der Waals surface area (Å²) in [6.07, 6.45) is 3.57. The zero-order chi connectivity index (χ0) is 11.8. The van der Waals surface area contributed by atoms with Crippen molar-refractivity contribution >= 4 is 26.8 Å². The van der Waals surface area contributed by atoms with E-state index >= 15 is 0 Å². The quantitative estimate of drug-likeness (QED) is 0.920. The third kappa shape index (κ3) is 1.72. The topological polar surface area (TPSA) is 17.0 Å². The molecule has 0 saturated heterocycles. The van der Waals surface area contributed by atoms with Gasteiger partial charge < -0.3 is 9.88 Å². The van der Waals surface area contributed by atoms with Crippen LogP contribution in [-0.2, 0) is 19.4 Å². The van der Waals surface area contributed by atoms with Crippen LogP contribution in [0.25, 0.3) is 10.9 Å². The van der Waals surface area contributed by atoms with E-state index < -0.39 is 0 Å². The molecule has 0 fully saturated rings. The predicted molar refractivity (Wildman–Crippen MR) is 75.6 cm³/mol. The number of nitrogens with zero attached hydrogens (tertiary/aromatic N) is 1. The molecular weight excluding hydrogens is 276 g/mol. The molecule has 17 heavy (non-hydrogen) atoms. The zero-order valence-corrected chi connectivity index (χ0v) is 11.7. The van der Waals surface area contributed by atoms with Gasteiger partial charge in [0.05, 0.1) is 5.52 Å². The Balaban J connectivity index is 2.22. The summed E-state index contributed by atoms with van der Waals surface area (Å²) in [5.74, 6) is 0. The van der Waals surface area contributed by atoms with Gasteiger partial charge in [-0.15, -0.1) is 0 Å². The third-order valence-electron chi connectivity index (χ3n) is 3.64. The lowest BCUT2D eigenvalue weighted by molar-refractivity contribution is 0.603. The van der Waals surface area contributed by atoms with Crippen LogP contribution in [0.3, 0.4) is 0 Å². The van der Waals surface area contributed by atoms with Crippen LogP contribution in [0.4, 0.5) is 0 Å². The van der Waals surface area contributed by atoms with Crippen molar-refractivity contribution in [3.05, 3.63) is 33.9 Å². The SMILES string of the molecule is CNCCc1c(Br)c2cccc3c2n1CCC3. The maximum atomic E-state index is 3.79. The number of nitrogens with one attached hydrogen (secondary N) is 1. The molecule has 2 nitrogen and oxygen atoms in total. The lowest BCUT2D eigenvalue weighted by Crippen LogP contribution is -2.15. The Bertz CT molecular complexity index is 557. The van der Waals surface area contributed by atoms with Crippen molar-refractivity contribution in [1.29, 1.82) is 0 Å². The molecule has 1 aromatic carbocycles. The highest BCUT2D eigenvalue weighted by atomic mass is 79.9. The molecule has 0 amide bonds. The first-order valence-corrected chi connectivity index (χ1v) is 7.05. The van der Waals surface area contributed by atoms with Gasteiger partial charge in [-0.3, -0.25) is 0 Å². The fourth-order valence-electron chi connectivity index (χ4n) is 2.86. The van der Waals surface area contributed by atoms with Crippen molar-refractivity contribution in [2.45, 2.75) is 25.8 Å². The summed E-state index contributed by atoms with van der Waals surface area (Å²) < 4.78 is 3.81.